The normalized spacial score (nSPS) is 11.4. The molecule has 1 heterocycles. The monoisotopic (exact) mass is 283 g/mol. The van der Waals surface area contributed by atoms with Crippen molar-refractivity contribution in [2.45, 2.75) is 26.8 Å². The van der Waals surface area contributed by atoms with Crippen LogP contribution in [0.5, 0.6) is 11.8 Å². The average molecular weight is 283 g/mol. The van der Waals surface area contributed by atoms with E-state index in [1.165, 1.54) is 6.33 Å². The van der Waals surface area contributed by atoms with Gasteiger partial charge in [0.2, 0.25) is 11.8 Å². The molecule has 114 valence electrons. The Balaban J connectivity index is 2.61. The molecule has 0 saturated heterocycles. The summed E-state index contributed by atoms with van der Waals surface area (Å²) in [6.45, 7) is 6.63. The van der Waals surface area contributed by atoms with Gasteiger partial charge in [-0.25, -0.2) is 9.97 Å². The van der Waals surface area contributed by atoms with Crippen molar-refractivity contribution < 1.29 is 14.2 Å². The standard InChI is InChI=1S/C14H25N3O3/c1-14(2,6-7-18-3)9-15-8-11-12(19-4)16-10-17-13(11)20-5/h10,15H,6-9H2,1-5H3. The molecule has 0 radical (unpaired) electrons. The molecule has 0 spiro atoms. The lowest BCUT2D eigenvalue weighted by molar-refractivity contribution is 0.150. The van der Waals surface area contributed by atoms with Crippen LogP contribution in [0, 0.1) is 5.41 Å². The lowest BCUT2D eigenvalue weighted by Crippen LogP contribution is -2.30. The maximum absolute atomic E-state index is 5.24. The first kappa shape index (κ1) is 16.7. The van der Waals surface area contributed by atoms with Gasteiger partial charge in [0, 0.05) is 26.8 Å². The van der Waals surface area contributed by atoms with Crippen LogP contribution in [0.1, 0.15) is 25.8 Å². The average Bonchev–Trinajstić information content (AvgIpc) is 2.45. The van der Waals surface area contributed by atoms with Crippen molar-refractivity contribution in [2.24, 2.45) is 5.41 Å². The molecular weight excluding hydrogens is 258 g/mol. The van der Waals surface area contributed by atoms with Crippen molar-refractivity contribution in [3.05, 3.63) is 11.9 Å². The van der Waals surface area contributed by atoms with E-state index in [9.17, 15) is 0 Å². The van der Waals surface area contributed by atoms with Crippen LogP contribution in [0.4, 0.5) is 0 Å². The molecule has 20 heavy (non-hydrogen) atoms. The van der Waals surface area contributed by atoms with Crippen LogP contribution < -0.4 is 14.8 Å². The SMILES string of the molecule is COCCC(C)(C)CNCc1c(OC)ncnc1OC. The van der Waals surface area contributed by atoms with Crippen LogP contribution in [0.25, 0.3) is 0 Å². The van der Waals surface area contributed by atoms with E-state index in [0.717, 1.165) is 25.1 Å². The maximum Gasteiger partial charge on any atom is 0.224 e. The summed E-state index contributed by atoms with van der Waals surface area (Å²) < 4.78 is 15.6. The molecule has 0 atom stereocenters. The lowest BCUT2D eigenvalue weighted by atomic mass is 9.89. The van der Waals surface area contributed by atoms with Crippen LogP contribution in [-0.4, -0.2) is 44.4 Å². The molecule has 6 heteroatoms. The van der Waals surface area contributed by atoms with Gasteiger partial charge in [0.1, 0.15) is 6.33 Å². The smallest absolute Gasteiger partial charge is 0.224 e. The van der Waals surface area contributed by atoms with Crippen LogP contribution in [-0.2, 0) is 11.3 Å². The first-order valence-corrected chi connectivity index (χ1v) is 6.65. The van der Waals surface area contributed by atoms with Gasteiger partial charge < -0.3 is 19.5 Å². The van der Waals surface area contributed by atoms with E-state index in [4.69, 9.17) is 14.2 Å². The summed E-state index contributed by atoms with van der Waals surface area (Å²) in [5.74, 6) is 1.08. The number of methoxy groups -OCH3 is 3. The van der Waals surface area contributed by atoms with E-state index in [2.05, 4.69) is 29.1 Å². The third kappa shape index (κ3) is 4.94. The fraction of sp³-hybridized carbons (Fsp3) is 0.714. The first-order valence-electron chi connectivity index (χ1n) is 6.65. The van der Waals surface area contributed by atoms with Crippen LogP contribution in [0.15, 0.2) is 6.33 Å². The Kier molecular flexibility index (Phi) is 6.67. The highest BCUT2D eigenvalue weighted by atomic mass is 16.5. The van der Waals surface area contributed by atoms with Crippen molar-refractivity contribution in [3.8, 4) is 11.8 Å². The van der Waals surface area contributed by atoms with E-state index in [1.807, 2.05) is 0 Å². The zero-order valence-corrected chi connectivity index (χ0v) is 13.0. The molecule has 0 fully saturated rings. The van der Waals surface area contributed by atoms with E-state index >= 15 is 0 Å². The third-order valence-electron chi connectivity index (χ3n) is 3.14. The van der Waals surface area contributed by atoms with Crippen molar-refractivity contribution >= 4 is 0 Å². The molecular formula is C14H25N3O3. The molecule has 0 aliphatic heterocycles. The van der Waals surface area contributed by atoms with Crippen molar-refractivity contribution in [1.29, 1.82) is 0 Å². The minimum absolute atomic E-state index is 0.159. The molecule has 1 rings (SSSR count). The van der Waals surface area contributed by atoms with Crippen LogP contribution in [0.3, 0.4) is 0 Å². The van der Waals surface area contributed by atoms with E-state index in [0.29, 0.717) is 18.3 Å². The summed E-state index contributed by atoms with van der Waals surface area (Å²) in [6.07, 6.45) is 2.43. The van der Waals surface area contributed by atoms with Crippen LogP contribution >= 0.6 is 0 Å². The Hall–Kier alpha value is -1.40. The molecule has 1 aromatic heterocycles. The predicted octanol–water partition coefficient (Wildman–Crippen LogP) is 1.65. The van der Waals surface area contributed by atoms with Crippen molar-refractivity contribution in [1.82, 2.24) is 15.3 Å². The first-order chi connectivity index (χ1) is 9.54. The van der Waals surface area contributed by atoms with Crippen molar-refractivity contribution in [2.75, 3.05) is 34.5 Å². The molecule has 0 bridgehead atoms. The quantitative estimate of drug-likeness (QED) is 0.743. The summed E-state index contributed by atoms with van der Waals surface area (Å²) in [5.41, 5.74) is 0.992. The summed E-state index contributed by atoms with van der Waals surface area (Å²) >= 11 is 0. The van der Waals surface area contributed by atoms with E-state index < -0.39 is 0 Å². The molecule has 0 aromatic carbocycles. The lowest BCUT2D eigenvalue weighted by Gasteiger charge is -2.25. The predicted molar refractivity (Wildman–Crippen MR) is 77.1 cm³/mol. The molecule has 0 aliphatic carbocycles. The second-order valence-electron chi connectivity index (χ2n) is 5.38. The summed E-state index contributed by atoms with van der Waals surface area (Å²) in [6, 6.07) is 0. The van der Waals surface area contributed by atoms with Crippen molar-refractivity contribution in [3.63, 3.8) is 0 Å². The fourth-order valence-electron chi connectivity index (χ4n) is 1.88. The molecule has 1 N–H and O–H groups in total. The molecule has 0 unspecified atom stereocenters. The highest BCUT2D eigenvalue weighted by molar-refractivity contribution is 5.34. The molecule has 0 aliphatic rings. The largest absolute Gasteiger partial charge is 0.481 e. The molecule has 0 saturated carbocycles. The Morgan fingerprint density at radius 2 is 1.70 bits per heavy atom. The number of rotatable bonds is 9. The maximum atomic E-state index is 5.24. The number of nitrogens with one attached hydrogen (secondary N) is 1. The van der Waals surface area contributed by atoms with Gasteiger partial charge >= 0.3 is 0 Å². The Morgan fingerprint density at radius 3 is 2.20 bits per heavy atom. The van der Waals surface area contributed by atoms with Gasteiger partial charge in [0.25, 0.3) is 0 Å². The summed E-state index contributed by atoms with van der Waals surface area (Å²) in [4.78, 5) is 8.19. The molecule has 1 aromatic rings. The number of hydrogen-bond donors (Lipinski definition) is 1. The second kappa shape index (κ2) is 8.01. The Morgan fingerprint density at radius 1 is 1.10 bits per heavy atom. The third-order valence-corrected chi connectivity index (χ3v) is 3.14. The minimum atomic E-state index is 0.159. The fourth-order valence-corrected chi connectivity index (χ4v) is 1.88. The minimum Gasteiger partial charge on any atom is -0.481 e. The van der Waals surface area contributed by atoms with Gasteiger partial charge in [0.15, 0.2) is 0 Å². The Labute approximate surface area is 120 Å². The zero-order valence-electron chi connectivity index (χ0n) is 13.0. The molecule has 0 amide bonds. The number of nitrogens with zero attached hydrogens (tertiary/aromatic N) is 2. The highest BCUT2D eigenvalue weighted by Gasteiger charge is 2.18. The number of aromatic nitrogens is 2. The van der Waals surface area contributed by atoms with Gasteiger partial charge in [-0.05, 0) is 11.8 Å². The number of hydrogen-bond acceptors (Lipinski definition) is 6. The highest BCUT2D eigenvalue weighted by Crippen LogP contribution is 2.24. The van der Waals surface area contributed by atoms with E-state index in [1.54, 1.807) is 21.3 Å². The Bertz CT molecular complexity index is 388. The molecule has 6 nitrogen and oxygen atoms in total. The van der Waals surface area contributed by atoms with Gasteiger partial charge in [-0.2, -0.15) is 0 Å². The van der Waals surface area contributed by atoms with E-state index in [-0.39, 0.29) is 5.41 Å². The van der Waals surface area contributed by atoms with Crippen LogP contribution in [0.2, 0.25) is 0 Å². The number of ether oxygens (including phenoxy) is 3. The summed E-state index contributed by atoms with van der Waals surface area (Å²) in [7, 11) is 4.90. The van der Waals surface area contributed by atoms with Gasteiger partial charge in [0.05, 0.1) is 19.8 Å². The van der Waals surface area contributed by atoms with Gasteiger partial charge in [-0.1, -0.05) is 13.8 Å². The summed E-state index contributed by atoms with van der Waals surface area (Å²) in [5, 5.41) is 3.40. The second-order valence-corrected chi connectivity index (χ2v) is 5.38. The zero-order chi connectivity index (χ0) is 15.0. The topological polar surface area (TPSA) is 65.5 Å². The van der Waals surface area contributed by atoms with Gasteiger partial charge in [-0.3, -0.25) is 0 Å². The van der Waals surface area contributed by atoms with Gasteiger partial charge in [-0.15, -0.1) is 0 Å².